The van der Waals surface area contributed by atoms with Crippen molar-refractivity contribution in [2.75, 3.05) is 0 Å². The fourth-order valence-electron chi connectivity index (χ4n) is 37.8. The van der Waals surface area contributed by atoms with Crippen LogP contribution in [0.3, 0.4) is 0 Å². The van der Waals surface area contributed by atoms with Crippen molar-refractivity contribution in [3.8, 4) is 0 Å². The molecule has 0 aliphatic heterocycles. The molecule has 25 aliphatic rings. The van der Waals surface area contributed by atoms with Gasteiger partial charge < -0.3 is 0 Å². The Kier molecular flexibility index (Phi) is 0.864. The number of rotatable bonds is 0. The summed E-state index contributed by atoms with van der Waals surface area (Å²) in [5, 5.41) is 0. The quantitative estimate of drug-likeness (QED) is 0.468. The van der Waals surface area contributed by atoms with E-state index in [1.54, 1.807) is 12.8 Å². The monoisotopic (exact) mass is 498 g/mol. The molecule has 186 valence electrons. The second-order valence-electron chi connectivity index (χ2n) is 24.3. The molecule has 13 spiro atoms. The van der Waals surface area contributed by atoms with Crippen LogP contribution in [0.2, 0.25) is 0 Å². The fraction of sp³-hybridized carbons (Fsp3) is 1.00. The molecule has 25 saturated carbocycles. The van der Waals surface area contributed by atoms with E-state index >= 15 is 0 Å². The summed E-state index contributed by atoms with van der Waals surface area (Å²) in [5.74, 6) is 30.1. The first-order valence-corrected chi connectivity index (χ1v) is 19.3. The second kappa shape index (κ2) is 2.38. The summed E-state index contributed by atoms with van der Waals surface area (Å²) in [6, 6.07) is 0. The Labute approximate surface area is 225 Å². The van der Waals surface area contributed by atoms with Gasteiger partial charge in [0.1, 0.15) is 0 Å². The van der Waals surface area contributed by atoms with Crippen molar-refractivity contribution in [2.45, 2.75) is 25.7 Å². The minimum absolute atomic E-state index is 1.06. The van der Waals surface area contributed by atoms with Crippen molar-refractivity contribution >= 4 is 0 Å². The molecule has 25 aliphatic carbocycles. The third-order valence-electron chi connectivity index (χ3n) is 31.1. The van der Waals surface area contributed by atoms with Gasteiger partial charge in [0.15, 0.2) is 0 Å². The molecule has 0 N–H and O–H groups in total. The van der Waals surface area contributed by atoms with Crippen molar-refractivity contribution in [1.29, 1.82) is 0 Å². The molecule has 0 amide bonds. The van der Waals surface area contributed by atoms with Crippen LogP contribution >= 0.6 is 0 Å². The molecule has 0 heterocycles. The van der Waals surface area contributed by atoms with Gasteiger partial charge in [0.05, 0.1) is 0 Å². The molecule has 25 fully saturated rings. The van der Waals surface area contributed by atoms with Gasteiger partial charge in [-0.15, -0.1) is 0 Å². The van der Waals surface area contributed by atoms with Crippen molar-refractivity contribution in [3.05, 3.63) is 0 Å². The molecule has 32 unspecified atom stereocenters. The average Bonchev–Trinajstić information content (AvgIpc) is 3.41. The molecule has 0 bridgehead atoms. The van der Waals surface area contributed by atoms with Crippen LogP contribution in [0.15, 0.2) is 0 Å². The number of hydrogen-bond acceptors (Lipinski definition) is 0. The third-order valence-corrected chi connectivity index (χ3v) is 31.1. The summed E-state index contributed by atoms with van der Waals surface area (Å²) >= 11 is 0. The maximum Gasteiger partial charge on any atom is -0.00613 e. The minimum Gasteiger partial charge on any atom is -0.0461 e. The molecule has 32 atom stereocenters. The Bertz CT molecular complexity index is 1990. The SMILES string of the molecule is C1C2C3CC4C5C6C7CC8C9CC%10C%11C%12C%13C%14C%15C%16C%17C1C21C3C42C3C54C5C6%18C6C7%19C8C9%10C%11%19C%126C%13%18C%145C%154C%163C%1712. The lowest BCUT2D eigenvalue weighted by Crippen LogP contribution is -3.37. The summed E-state index contributed by atoms with van der Waals surface area (Å²) in [5.41, 5.74) is 14.1. The Morgan fingerprint density at radius 3 is 1.28 bits per heavy atom. The largest absolute Gasteiger partial charge is 0.0461 e. The van der Waals surface area contributed by atoms with E-state index in [9.17, 15) is 0 Å². The summed E-state index contributed by atoms with van der Waals surface area (Å²) in [7, 11) is 0. The van der Waals surface area contributed by atoms with E-state index in [4.69, 9.17) is 0 Å². The van der Waals surface area contributed by atoms with Crippen LogP contribution < -0.4 is 0 Å². The molecule has 0 aromatic carbocycles. The Morgan fingerprint density at radius 2 is 0.744 bits per heavy atom. The van der Waals surface area contributed by atoms with Crippen molar-refractivity contribution < 1.29 is 0 Å². The normalized spacial score (nSPS) is 127. The Balaban J connectivity index is 0.957. The lowest BCUT2D eigenvalue weighted by molar-refractivity contribution is -0.936. The maximum absolute atomic E-state index is 1.86. The average molecular weight is 499 g/mol. The predicted molar refractivity (Wildman–Crippen MR) is 127 cm³/mol. The molecule has 39 heavy (non-hydrogen) atoms. The first-order valence-electron chi connectivity index (χ1n) is 19.3. The fourth-order valence-corrected chi connectivity index (χ4v) is 37.8. The highest BCUT2D eigenvalue weighted by Gasteiger charge is 3.45. The lowest BCUT2D eigenvalue weighted by Gasteiger charge is -3.38. The molecular weight excluding hydrogens is 468 g/mol. The van der Waals surface area contributed by atoms with Crippen LogP contribution in [0.5, 0.6) is 0 Å². The van der Waals surface area contributed by atoms with Gasteiger partial charge in [-0.2, -0.15) is 0 Å². The molecule has 0 aromatic heterocycles. The Hall–Kier alpha value is 0. The van der Waals surface area contributed by atoms with Crippen molar-refractivity contribution in [2.24, 2.45) is 201 Å². The van der Waals surface area contributed by atoms with Crippen LogP contribution in [0.25, 0.3) is 0 Å². The molecule has 0 aromatic rings. The zero-order chi connectivity index (χ0) is 22.0. The van der Waals surface area contributed by atoms with Gasteiger partial charge in [-0.05, 0) is 226 Å². The van der Waals surface area contributed by atoms with E-state index in [1.165, 1.54) is 130 Å². The van der Waals surface area contributed by atoms with Gasteiger partial charge in [-0.1, -0.05) is 0 Å². The zero-order valence-corrected chi connectivity index (χ0v) is 22.0. The molecular formula is C39H30. The summed E-state index contributed by atoms with van der Waals surface area (Å²) in [6.07, 6.45) is 7.31. The number of hydrogen-bond donors (Lipinski definition) is 0. The van der Waals surface area contributed by atoms with E-state index in [0.29, 0.717) is 0 Å². The summed E-state index contributed by atoms with van der Waals surface area (Å²) in [6.45, 7) is 0. The molecule has 0 heteroatoms. The van der Waals surface area contributed by atoms with E-state index in [1.807, 2.05) is 12.8 Å². The smallest absolute Gasteiger partial charge is 0.00613 e. The van der Waals surface area contributed by atoms with Crippen LogP contribution in [-0.4, -0.2) is 0 Å². The minimum atomic E-state index is 1.06. The molecule has 0 radical (unpaired) electrons. The number of fused-ring (bicyclic) bond motifs is 13. The molecule has 0 saturated heterocycles. The second-order valence-corrected chi connectivity index (χ2v) is 24.3. The van der Waals surface area contributed by atoms with Gasteiger partial charge >= 0.3 is 0 Å². The highest BCUT2D eigenvalue weighted by Crippen LogP contribution is 3.47. The summed E-state index contributed by atoms with van der Waals surface area (Å²) in [4.78, 5) is 0. The van der Waals surface area contributed by atoms with Gasteiger partial charge in [0.25, 0.3) is 0 Å². The Morgan fingerprint density at radius 1 is 0.308 bits per heavy atom. The molecule has 25 rings (SSSR count). The van der Waals surface area contributed by atoms with Gasteiger partial charge in [0.2, 0.25) is 0 Å². The van der Waals surface area contributed by atoms with Gasteiger partial charge in [-0.25, -0.2) is 0 Å². The van der Waals surface area contributed by atoms with E-state index < -0.39 is 0 Å². The van der Waals surface area contributed by atoms with Crippen LogP contribution in [0, 0.1) is 201 Å². The first-order chi connectivity index (χ1) is 19.3. The van der Waals surface area contributed by atoms with Gasteiger partial charge in [0, 0.05) is 0 Å². The maximum atomic E-state index is 1.86. The van der Waals surface area contributed by atoms with Crippen LogP contribution in [-0.2, 0) is 0 Å². The standard InChI is InChI=1S/C39H30/c1-5-7-3-11-15-17-20-19-21-18-16-12-4-8-6-2-10-14-13-9(1)29-22(5)27(7,11)36(15,29)33(17)24(29)31(13)26-32(14)25-30(10)23(6)28(8,12)37(16,30)34(18,25)39(21,32)35(19,26)38(20,31)33/h5-26H,1-4H2. The first kappa shape index (κ1) is 14.2. The van der Waals surface area contributed by atoms with Gasteiger partial charge in [-0.3, -0.25) is 0 Å². The molecule has 0 nitrogen and oxygen atoms in total. The zero-order valence-electron chi connectivity index (χ0n) is 22.0. The topological polar surface area (TPSA) is 0 Å². The van der Waals surface area contributed by atoms with E-state index in [0.717, 1.165) is 70.4 Å². The van der Waals surface area contributed by atoms with E-state index in [2.05, 4.69) is 0 Å². The highest BCUT2D eigenvalue weighted by molar-refractivity contribution is 5.90. The lowest BCUT2D eigenvalue weighted by atomic mass is 8.64. The van der Waals surface area contributed by atoms with Crippen molar-refractivity contribution in [1.82, 2.24) is 0 Å². The van der Waals surface area contributed by atoms with Crippen LogP contribution in [0.1, 0.15) is 25.7 Å². The highest BCUT2D eigenvalue weighted by atomic mass is 15.5. The predicted octanol–water partition coefficient (Wildman–Crippen LogP) is 4.27. The van der Waals surface area contributed by atoms with Crippen LogP contribution in [0.4, 0.5) is 0 Å². The summed E-state index contributed by atoms with van der Waals surface area (Å²) < 4.78 is 0. The van der Waals surface area contributed by atoms with E-state index in [-0.39, 0.29) is 0 Å². The van der Waals surface area contributed by atoms with Crippen molar-refractivity contribution in [3.63, 3.8) is 0 Å². The third kappa shape index (κ3) is 0.397.